The molecule has 0 aliphatic heterocycles. The van der Waals surface area contributed by atoms with E-state index in [-0.39, 0.29) is 0 Å². The Morgan fingerprint density at radius 3 is 2.52 bits per heavy atom. The predicted molar refractivity (Wildman–Crippen MR) is 81.2 cm³/mol. The van der Waals surface area contributed by atoms with Gasteiger partial charge in [0.05, 0.1) is 5.56 Å². The number of nitrogens with zero attached hydrogens (tertiary/aromatic N) is 1. The van der Waals surface area contributed by atoms with Gasteiger partial charge in [-0.15, -0.1) is 0 Å². The Balaban J connectivity index is 1.99. The van der Waals surface area contributed by atoms with E-state index in [1.165, 1.54) is 4.90 Å². The van der Waals surface area contributed by atoms with Crippen LogP contribution in [-0.2, 0) is 9.53 Å². The molecule has 0 aliphatic carbocycles. The van der Waals surface area contributed by atoms with Crippen molar-refractivity contribution >= 4 is 17.6 Å². The fourth-order valence-corrected chi connectivity index (χ4v) is 1.94. The zero-order chi connectivity index (χ0) is 17.0. The van der Waals surface area contributed by atoms with Gasteiger partial charge < -0.3 is 9.64 Å². The van der Waals surface area contributed by atoms with Gasteiger partial charge in [0.25, 0.3) is 5.91 Å². The molecule has 120 valence electrons. The Morgan fingerprint density at radius 1 is 1.13 bits per heavy atom. The van der Waals surface area contributed by atoms with Gasteiger partial charge in [0.2, 0.25) is 0 Å². The minimum absolute atomic E-state index is 0.419. The molecule has 4 nitrogen and oxygen atoms in total. The van der Waals surface area contributed by atoms with Crippen LogP contribution >= 0.6 is 0 Å². The van der Waals surface area contributed by atoms with Crippen molar-refractivity contribution in [2.75, 3.05) is 18.6 Å². The molecule has 0 bridgehead atoms. The molecule has 0 fully saturated rings. The van der Waals surface area contributed by atoms with Crippen molar-refractivity contribution in [3.8, 4) is 0 Å². The molecule has 0 aliphatic rings. The van der Waals surface area contributed by atoms with E-state index in [0.717, 1.165) is 17.7 Å². The van der Waals surface area contributed by atoms with Gasteiger partial charge >= 0.3 is 5.97 Å². The maximum atomic E-state index is 13.5. The first-order valence-corrected chi connectivity index (χ1v) is 6.84. The summed E-state index contributed by atoms with van der Waals surface area (Å²) < 4.78 is 31.0. The highest BCUT2D eigenvalue weighted by Gasteiger charge is 2.17. The first-order valence-electron chi connectivity index (χ1n) is 6.84. The molecule has 0 radical (unpaired) electrons. The summed E-state index contributed by atoms with van der Waals surface area (Å²) in [5.41, 5.74) is 1.21. The summed E-state index contributed by atoms with van der Waals surface area (Å²) >= 11 is 0. The minimum atomic E-state index is -1.03. The van der Waals surface area contributed by atoms with Crippen LogP contribution in [0.15, 0.2) is 42.5 Å². The summed E-state index contributed by atoms with van der Waals surface area (Å²) in [4.78, 5) is 25.1. The van der Waals surface area contributed by atoms with E-state index < -0.39 is 35.7 Å². The molecular formula is C17H15F2NO3. The van der Waals surface area contributed by atoms with Crippen LogP contribution in [0, 0.1) is 18.6 Å². The SMILES string of the molecule is Cc1cccc(N(C)C(=O)COC(=O)c2ccc(F)cc2F)c1. The third-order valence-electron chi connectivity index (χ3n) is 3.24. The van der Waals surface area contributed by atoms with Crippen molar-refractivity contribution in [3.05, 3.63) is 65.2 Å². The van der Waals surface area contributed by atoms with Gasteiger partial charge in [-0.1, -0.05) is 12.1 Å². The number of hydrogen-bond donors (Lipinski definition) is 0. The van der Waals surface area contributed by atoms with Gasteiger partial charge in [0, 0.05) is 18.8 Å². The van der Waals surface area contributed by atoms with E-state index in [1.54, 1.807) is 25.2 Å². The summed E-state index contributed by atoms with van der Waals surface area (Å²) in [7, 11) is 1.55. The van der Waals surface area contributed by atoms with Crippen LogP contribution < -0.4 is 4.90 Å². The number of carbonyl (C=O) groups is 2. The van der Waals surface area contributed by atoms with E-state index in [1.807, 2.05) is 13.0 Å². The van der Waals surface area contributed by atoms with Crippen LogP contribution in [0.4, 0.5) is 14.5 Å². The van der Waals surface area contributed by atoms with Gasteiger partial charge in [0.15, 0.2) is 6.61 Å². The lowest BCUT2D eigenvalue weighted by molar-refractivity contribution is -0.121. The van der Waals surface area contributed by atoms with Crippen molar-refractivity contribution < 1.29 is 23.1 Å². The van der Waals surface area contributed by atoms with Crippen LogP contribution in [0.3, 0.4) is 0 Å². The van der Waals surface area contributed by atoms with Gasteiger partial charge in [-0.05, 0) is 36.8 Å². The summed E-state index contributed by atoms with van der Waals surface area (Å²) in [5.74, 6) is -3.32. The van der Waals surface area contributed by atoms with E-state index in [9.17, 15) is 18.4 Å². The third-order valence-corrected chi connectivity index (χ3v) is 3.24. The largest absolute Gasteiger partial charge is 0.452 e. The molecule has 0 spiro atoms. The Labute approximate surface area is 132 Å². The maximum absolute atomic E-state index is 13.5. The second-order valence-corrected chi connectivity index (χ2v) is 4.99. The summed E-state index contributed by atoms with van der Waals surface area (Å²) in [6.45, 7) is 1.35. The number of rotatable bonds is 4. The molecule has 0 saturated carbocycles. The second kappa shape index (κ2) is 7.00. The van der Waals surface area contributed by atoms with Crippen molar-refractivity contribution in [3.63, 3.8) is 0 Å². The fraction of sp³-hybridized carbons (Fsp3) is 0.176. The van der Waals surface area contributed by atoms with Crippen LogP contribution in [-0.4, -0.2) is 25.5 Å². The minimum Gasteiger partial charge on any atom is -0.452 e. The molecule has 0 atom stereocenters. The standard InChI is InChI=1S/C17H15F2NO3/c1-11-4-3-5-13(8-11)20(2)16(21)10-23-17(22)14-7-6-12(18)9-15(14)19/h3-9H,10H2,1-2H3. The predicted octanol–water partition coefficient (Wildman–Crippen LogP) is 3.09. The number of anilines is 1. The van der Waals surface area contributed by atoms with Crippen LogP contribution in [0.5, 0.6) is 0 Å². The van der Waals surface area contributed by atoms with Gasteiger partial charge in [-0.2, -0.15) is 0 Å². The van der Waals surface area contributed by atoms with E-state index in [4.69, 9.17) is 4.74 Å². The molecule has 23 heavy (non-hydrogen) atoms. The Bertz CT molecular complexity index is 746. The average molecular weight is 319 g/mol. The molecule has 0 unspecified atom stereocenters. The molecule has 1 amide bonds. The highest BCUT2D eigenvalue weighted by Crippen LogP contribution is 2.15. The molecule has 6 heteroatoms. The number of benzene rings is 2. The summed E-state index contributed by atoms with van der Waals surface area (Å²) in [6, 6.07) is 9.73. The Kier molecular flexibility index (Phi) is 5.05. The number of hydrogen-bond acceptors (Lipinski definition) is 3. The van der Waals surface area contributed by atoms with Crippen molar-refractivity contribution in [1.29, 1.82) is 0 Å². The summed E-state index contributed by atoms with van der Waals surface area (Å²) in [6.07, 6.45) is 0. The Morgan fingerprint density at radius 2 is 1.87 bits per heavy atom. The maximum Gasteiger partial charge on any atom is 0.341 e. The van der Waals surface area contributed by atoms with E-state index in [0.29, 0.717) is 11.8 Å². The lowest BCUT2D eigenvalue weighted by Crippen LogP contribution is -2.31. The Hall–Kier alpha value is -2.76. The zero-order valence-electron chi connectivity index (χ0n) is 12.7. The molecule has 0 aromatic heterocycles. The van der Waals surface area contributed by atoms with Gasteiger partial charge in [0.1, 0.15) is 11.6 Å². The second-order valence-electron chi connectivity index (χ2n) is 4.99. The lowest BCUT2D eigenvalue weighted by Gasteiger charge is -2.17. The van der Waals surface area contributed by atoms with E-state index >= 15 is 0 Å². The monoisotopic (exact) mass is 319 g/mol. The molecule has 0 saturated heterocycles. The number of ether oxygens (including phenoxy) is 1. The molecular weight excluding hydrogens is 304 g/mol. The smallest absolute Gasteiger partial charge is 0.341 e. The van der Waals surface area contributed by atoms with Crippen LogP contribution in [0.25, 0.3) is 0 Å². The number of carbonyl (C=O) groups excluding carboxylic acids is 2. The third kappa shape index (κ3) is 4.12. The molecule has 2 aromatic rings. The van der Waals surface area contributed by atoms with Crippen molar-refractivity contribution in [2.45, 2.75) is 6.92 Å². The van der Waals surface area contributed by atoms with Crippen molar-refractivity contribution in [2.24, 2.45) is 0 Å². The van der Waals surface area contributed by atoms with Crippen LogP contribution in [0.2, 0.25) is 0 Å². The van der Waals surface area contributed by atoms with E-state index in [2.05, 4.69) is 0 Å². The number of likely N-dealkylation sites (N-methyl/N-ethyl adjacent to an activating group) is 1. The number of esters is 1. The number of aryl methyl sites for hydroxylation is 1. The number of amides is 1. The zero-order valence-corrected chi connectivity index (χ0v) is 12.7. The average Bonchev–Trinajstić information content (AvgIpc) is 2.51. The summed E-state index contributed by atoms with van der Waals surface area (Å²) in [5, 5.41) is 0. The molecule has 2 aromatic carbocycles. The quantitative estimate of drug-likeness (QED) is 0.814. The van der Waals surface area contributed by atoms with Gasteiger partial charge in [-0.3, -0.25) is 4.79 Å². The highest BCUT2D eigenvalue weighted by atomic mass is 19.1. The molecule has 0 heterocycles. The topological polar surface area (TPSA) is 46.6 Å². The molecule has 2 rings (SSSR count). The van der Waals surface area contributed by atoms with Crippen molar-refractivity contribution in [1.82, 2.24) is 0 Å². The number of halogens is 2. The van der Waals surface area contributed by atoms with Crippen LogP contribution in [0.1, 0.15) is 15.9 Å². The first-order chi connectivity index (χ1) is 10.9. The molecule has 0 N–H and O–H groups in total. The first kappa shape index (κ1) is 16.6. The normalized spacial score (nSPS) is 10.3. The lowest BCUT2D eigenvalue weighted by atomic mass is 10.2. The highest BCUT2D eigenvalue weighted by molar-refractivity contribution is 5.96. The van der Waals surface area contributed by atoms with Gasteiger partial charge in [-0.25, -0.2) is 13.6 Å². The fourth-order valence-electron chi connectivity index (χ4n) is 1.94.